The summed E-state index contributed by atoms with van der Waals surface area (Å²) in [7, 11) is 0.930. The molecule has 1 aliphatic heterocycles. The molecular formula is C32H36N8O3S. The number of rotatable bonds is 9. The van der Waals surface area contributed by atoms with Gasteiger partial charge in [0.15, 0.2) is 0 Å². The maximum atomic E-state index is 13.2. The Morgan fingerprint density at radius 1 is 1.02 bits per heavy atom. The van der Waals surface area contributed by atoms with E-state index in [1.54, 1.807) is 43.8 Å². The van der Waals surface area contributed by atoms with Crippen LogP contribution in [0.15, 0.2) is 72.0 Å². The topological polar surface area (TPSA) is 128 Å². The van der Waals surface area contributed by atoms with Crippen LogP contribution >= 0.6 is 0 Å². The lowest BCUT2D eigenvalue weighted by Crippen LogP contribution is -2.35. The quantitative estimate of drug-likeness (QED) is 0.197. The minimum atomic E-state index is -3.74. The van der Waals surface area contributed by atoms with Gasteiger partial charge in [-0.15, -0.1) is 0 Å². The third-order valence-electron chi connectivity index (χ3n) is 7.94. The predicted octanol–water partition coefficient (Wildman–Crippen LogP) is 5.53. The summed E-state index contributed by atoms with van der Waals surface area (Å²) in [6.07, 6.45) is 6.29. The Morgan fingerprint density at radius 2 is 1.84 bits per heavy atom. The largest absolute Gasteiger partial charge is 0.495 e. The lowest BCUT2D eigenvalue weighted by molar-refractivity contribution is 0.203. The lowest BCUT2D eigenvalue weighted by atomic mass is 9.97. The number of aromatic amines is 1. The number of hydrogen-bond donors (Lipinski definition) is 3. The lowest BCUT2D eigenvalue weighted by Gasteiger charge is -2.32. The van der Waals surface area contributed by atoms with E-state index in [0.29, 0.717) is 40.3 Å². The first-order valence-corrected chi connectivity index (χ1v) is 15.9. The highest BCUT2D eigenvalue weighted by Gasteiger charge is 2.24. The average Bonchev–Trinajstić information content (AvgIpc) is 3.45. The monoisotopic (exact) mass is 612 g/mol. The number of hydrogen-bond acceptors (Lipinski definition) is 9. The van der Waals surface area contributed by atoms with Crippen molar-refractivity contribution in [1.29, 1.82) is 0 Å². The van der Waals surface area contributed by atoms with Crippen molar-refractivity contribution in [2.24, 2.45) is 0 Å². The van der Waals surface area contributed by atoms with E-state index >= 15 is 0 Å². The maximum absolute atomic E-state index is 13.2. The minimum absolute atomic E-state index is 0.135. The number of nitrogens with zero attached hydrogens (tertiary/aromatic N) is 5. The van der Waals surface area contributed by atoms with Crippen molar-refractivity contribution < 1.29 is 13.2 Å². The van der Waals surface area contributed by atoms with Gasteiger partial charge >= 0.3 is 0 Å². The molecule has 0 unspecified atom stereocenters. The van der Waals surface area contributed by atoms with Crippen LogP contribution < -0.4 is 15.4 Å². The number of aromatic nitrogens is 4. The maximum Gasteiger partial charge on any atom is 0.244 e. The third kappa shape index (κ3) is 5.59. The predicted molar refractivity (Wildman–Crippen MR) is 173 cm³/mol. The molecule has 0 saturated carbocycles. The second kappa shape index (κ2) is 11.9. The van der Waals surface area contributed by atoms with Crippen molar-refractivity contribution in [3.05, 3.63) is 78.2 Å². The standard InChI is InChI=1S/C32H36N8O3S/c1-20(2)40-14-12-21-16-27(43-5)26(15-23(21)19-40)36-32-37-30-29(24(18-34-30)22-9-8-13-33-17-22)31(38-32)35-25-10-6-7-11-28(25)44(41,42)39(3)4/h6-11,13,15-18,20H,12,14,19H2,1-5H3,(H3,34,35,36,37,38). The van der Waals surface area contributed by atoms with Gasteiger partial charge in [-0.3, -0.25) is 9.88 Å². The van der Waals surface area contributed by atoms with Gasteiger partial charge in [0, 0.05) is 62.9 Å². The summed E-state index contributed by atoms with van der Waals surface area (Å²) in [6.45, 7) is 6.28. The number of H-pyrrole nitrogens is 1. The van der Waals surface area contributed by atoms with E-state index in [9.17, 15) is 8.42 Å². The zero-order chi connectivity index (χ0) is 31.0. The molecule has 0 aliphatic carbocycles. The Balaban J connectivity index is 1.47. The normalized spacial score (nSPS) is 13.8. The van der Waals surface area contributed by atoms with Gasteiger partial charge < -0.3 is 20.4 Å². The highest BCUT2D eigenvalue weighted by molar-refractivity contribution is 7.89. The van der Waals surface area contributed by atoms with Crippen molar-refractivity contribution in [1.82, 2.24) is 29.1 Å². The molecule has 11 nitrogen and oxygen atoms in total. The van der Waals surface area contributed by atoms with E-state index < -0.39 is 10.0 Å². The highest BCUT2D eigenvalue weighted by Crippen LogP contribution is 2.38. The van der Waals surface area contributed by atoms with E-state index in [4.69, 9.17) is 14.7 Å². The molecule has 6 rings (SSSR count). The van der Waals surface area contributed by atoms with Crippen LogP contribution in [0.4, 0.5) is 23.1 Å². The van der Waals surface area contributed by atoms with Crippen molar-refractivity contribution in [2.45, 2.75) is 37.8 Å². The summed E-state index contributed by atoms with van der Waals surface area (Å²) in [4.78, 5) is 19.9. The molecular weight excluding hydrogens is 576 g/mol. The number of ether oxygens (including phenoxy) is 1. The van der Waals surface area contributed by atoms with Crippen molar-refractivity contribution in [3.63, 3.8) is 0 Å². The van der Waals surface area contributed by atoms with E-state index in [1.165, 1.54) is 29.5 Å². The van der Waals surface area contributed by atoms with E-state index in [0.717, 1.165) is 36.3 Å². The first-order chi connectivity index (χ1) is 21.2. The summed E-state index contributed by atoms with van der Waals surface area (Å²) in [5, 5.41) is 7.40. The van der Waals surface area contributed by atoms with Crippen molar-refractivity contribution >= 4 is 44.2 Å². The van der Waals surface area contributed by atoms with E-state index in [2.05, 4.69) is 51.5 Å². The number of pyridine rings is 1. The molecule has 1 aliphatic rings. The van der Waals surface area contributed by atoms with Gasteiger partial charge in [-0.2, -0.15) is 9.97 Å². The van der Waals surface area contributed by atoms with Crippen LogP contribution in [0, 0.1) is 0 Å². The first-order valence-electron chi connectivity index (χ1n) is 14.4. The molecule has 2 aromatic carbocycles. The van der Waals surface area contributed by atoms with E-state index in [1.807, 2.05) is 18.3 Å². The summed E-state index contributed by atoms with van der Waals surface area (Å²) < 4.78 is 33.4. The second-order valence-electron chi connectivity index (χ2n) is 11.2. The number of benzene rings is 2. The third-order valence-corrected chi connectivity index (χ3v) is 9.82. The van der Waals surface area contributed by atoms with Gasteiger partial charge in [-0.25, -0.2) is 12.7 Å². The summed E-state index contributed by atoms with van der Waals surface area (Å²) >= 11 is 0. The number of para-hydroxylation sites is 1. The fourth-order valence-corrected chi connectivity index (χ4v) is 6.53. The molecule has 4 heterocycles. The fourth-order valence-electron chi connectivity index (χ4n) is 5.48. The minimum Gasteiger partial charge on any atom is -0.495 e. The molecule has 5 aromatic rings. The Kier molecular flexibility index (Phi) is 7.97. The van der Waals surface area contributed by atoms with Crippen LogP contribution in [0.2, 0.25) is 0 Å². The average molecular weight is 613 g/mol. The smallest absolute Gasteiger partial charge is 0.244 e. The zero-order valence-electron chi connectivity index (χ0n) is 25.4. The zero-order valence-corrected chi connectivity index (χ0v) is 26.2. The SMILES string of the molecule is COc1cc2c(cc1Nc1nc(Nc3ccccc3S(=O)(=O)N(C)C)c3c(-c4cccnc4)c[nH]c3n1)CN(C(C)C)CC2. The number of nitrogens with one attached hydrogen (secondary N) is 3. The summed E-state index contributed by atoms with van der Waals surface area (Å²) in [6, 6.07) is 15.2. The number of anilines is 4. The van der Waals surface area contributed by atoms with Crippen LogP contribution in [0.1, 0.15) is 25.0 Å². The first kappa shape index (κ1) is 29.5. The van der Waals surface area contributed by atoms with Gasteiger partial charge in [0.05, 0.1) is 23.9 Å². The molecule has 0 atom stereocenters. The van der Waals surface area contributed by atoms with E-state index in [-0.39, 0.29) is 4.90 Å². The Bertz CT molecular complexity index is 1920. The molecule has 0 amide bonds. The summed E-state index contributed by atoms with van der Waals surface area (Å²) in [5.41, 5.74) is 5.91. The van der Waals surface area contributed by atoms with Gasteiger partial charge in [0.1, 0.15) is 22.1 Å². The van der Waals surface area contributed by atoms with Crippen molar-refractivity contribution in [2.75, 3.05) is 38.4 Å². The Hall–Kier alpha value is -4.52. The highest BCUT2D eigenvalue weighted by atomic mass is 32.2. The molecule has 0 radical (unpaired) electrons. The fraction of sp³-hybridized carbons (Fsp3) is 0.281. The molecule has 3 N–H and O–H groups in total. The van der Waals surface area contributed by atoms with Gasteiger partial charge in [-0.05, 0) is 61.7 Å². The van der Waals surface area contributed by atoms with Crippen LogP contribution in [0.5, 0.6) is 5.75 Å². The number of fused-ring (bicyclic) bond motifs is 2. The molecule has 0 bridgehead atoms. The number of sulfonamides is 1. The van der Waals surface area contributed by atoms with Gasteiger partial charge in [-0.1, -0.05) is 18.2 Å². The molecule has 44 heavy (non-hydrogen) atoms. The second-order valence-corrected chi connectivity index (χ2v) is 13.4. The van der Waals surface area contributed by atoms with Crippen LogP contribution in [-0.2, 0) is 23.0 Å². The Labute approximate surface area is 257 Å². The molecule has 3 aromatic heterocycles. The number of methoxy groups -OCH3 is 1. The molecule has 0 saturated heterocycles. The molecule has 12 heteroatoms. The van der Waals surface area contributed by atoms with Crippen LogP contribution in [0.3, 0.4) is 0 Å². The Morgan fingerprint density at radius 3 is 2.57 bits per heavy atom. The van der Waals surface area contributed by atoms with Crippen LogP contribution in [-0.4, -0.2) is 71.4 Å². The summed E-state index contributed by atoms with van der Waals surface area (Å²) in [5.74, 6) is 1.45. The molecule has 0 spiro atoms. The van der Waals surface area contributed by atoms with Gasteiger partial charge in [0.25, 0.3) is 0 Å². The molecule has 0 fully saturated rings. The molecule has 228 valence electrons. The van der Waals surface area contributed by atoms with Crippen molar-refractivity contribution in [3.8, 4) is 16.9 Å². The van der Waals surface area contributed by atoms with Crippen LogP contribution in [0.25, 0.3) is 22.2 Å². The van der Waals surface area contributed by atoms with Gasteiger partial charge in [0.2, 0.25) is 16.0 Å².